The third-order valence-corrected chi connectivity index (χ3v) is 6.31. The van der Waals surface area contributed by atoms with Crippen LogP contribution in [0.4, 0.5) is 0 Å². The maximum atomic E-state index is 6.24. The fourth-order valence-electron chi connectivity index (χ4n) is 4.05. The fraction of sp³-hybridized carbons (Fsp3) is 0.647. The van der Waals surface area contributed by atoms with Crippen molar-refractivity contribution in [2.24, 2.45) is 5.73 Å². The Morgan fingerprint density at radius 3 is 2.95 bits per heavy atom. The van der Waals surface area contributed by atoms with Crippen LogP contribution in [-0.2, 0) is 6.54 Å². The largest absolute Gasteiger partial charge is 0.329 e. The summed E-state index contributed by atoms with van der Waals surface area (Å²) in [5, 5.41) is 0. The molecular formula is C17H26BrN3. The first-order chi connectivity index (χ1) is 10.1. The van der Waals surface area contributed by atoms with Gasteiger partial charge < -0.3 is 10.6 Å². The summed E-state index contributed by atoms with van der Waals surface area (Å²) in [6.07, 6.45) is 5.13. The lowest BCUT2D eigenvalue weighted by Crippen LogP contribution is -2.59. The molecule has 0 amide bonds. The van der Waals surface area contributed by atoms with Crippen molar-refractivity contribution in [3.05, 3.63) is 34.3 Å². The number of halogens is 1. The average Bonchev–Trinajstić information content (AvgIpc) is 2.96. The molecule has 0 saturated carbocycles. The van der Waals surface area contributed by atoms with Gasteiger partial charge in [0.2, 0.25) is 0 Å². The number of nitrogens with two attached hydrogens (primary N) is 1. The second-order valence-electron chi connectivity index (χ2n) is 6.66. The van der Waals surface area contributed by atoms with Crippen molar-refractivity contribution in [3.8, 4) is 0 Å². The lowest BCUT2D eigenvalue weighted by molar-refractivity contribution is 0.0219. The van der Waals surface area contributed by atoms with Gasteiger partial charge in [-0.05, 0) is 50.9 Å². The van der Waals surface area contributed by atoms with Crippen LogP contribution in [0.5, 0.6) is 0 Å². The van der Waals surface area contributed by atoms with E-state index in [1.807, 2.05) is 0 Å². The predicted octanol–water partition coefficient (Wildman–Crippen LogP) is 2.84. The number of fused-ring (bicyclic) bond motifs is 1. The summed E-state index contributed by atoms with van der Waals surface area (Å²) in [5.41, 5.74) is 7.76. The number of piperidine rings is 1. The molecule has 116 valence electrons. The topological polar surface area (TPSA) is 32.5 Å². The SMILES string of the molecule is CN(Cc1ccccc1Br)C1(CN)CCN2CCCC2C1. The summed E-state index contributed by atoms with van der Waals surface area (Å²) in [5.74, 6) is 0. The first kappa shape index (κ1) is 15.5. The molecule has 2 fully saturated rings. The highest BCUT2D eigenvalue weighted by Crippen LogP contribution is 2.36. The lowest BCUT2D eigenvalue weighted by atomic mass is 9.81. The molecule has 1 aromatic carbocycles. The van der Waals surface area contributed by atoms with Gasteiger partial charge in [-0.15, -0.1) is 0 Å². The molecule has 3 nitrogen and oxygen atoms in total. The molecule has 3 rings (SSSR count). The maximum absolute atomic E-state index is 6.24. The smallest absolute Gasteiger partial charge is 0.0359 e. The van der Waals surface area contributed by atoms with Gasteiger partial charge in [0.15, 0.2) is 0 Å². The number of hydrogen-bond donors (Lipinski definition) is 1. The van der Waals surface area contributed by atoms with Crippen molar-refractivity contribution in [3.63, 3.8) is 0 Å². The highest BCUT2D eigenvalue weighted by Gasteiger charge is 2.43. The Bertz CT molecular complexity index is 493. The van der Waals surface area contributed by atoms with Crippen LogP contribution in [0.25, 0.3) is 0 Å². The van der Waals surface area contributed by atoms with Gasteiger partial charge in [-0.3, -0.25) is 4.90 Å². The van der Waals surface area contributed by atoms with Crippen LogP contribution in [0.2, 0.25) is 0 Å². The van der Waals surface area contributed by atoms with E-state index in [9.17, 15) is 0 Å². The summed E-state index contributed by atoms with van der Waals surface area (Å²) in [4.78, 5) is 5.17. The molecule has 0 aliphatic carbocycles. The van der Waals surface area contributed by atoms with Crippen molar-refractivity contribution in [1.82, 2.24) is 9.80 Å². The second kappa shape index (κ2) is 6.37. The van der Waals surface area contributed by atoms with Crippen LogP contribution in [0.1, 0.15) is 31.2 Å². The molecule has 0 spiro atoms. The van der Waals surface area contributed by atoms with E-state index < -0.39 is 0 Å². The quantitative estimate of drug-likeness (QED) is 0.905. The molecule has 2 saturated heterocycles. The molecule has 2 unspecified atom stereocenters. The molecule has 0 radical (unpaired) electrons. The highest BCUT2D eigenvalue weighted by atomic mass is 79.9. The van der Waals surface area contributed by atoms with Gasteiger partial charge in [0.25, 0.3) is 0 Å². The molecular weight excluding hydrogens is 326 g/mol. The third kappa shape index (κ3) is 3.04. The average molecular weight is 352 g/mol. The first-order valence-corrected chi connectivity index (χ1v) is 8.83. The van der Waals surface area contributed by atoms with Gasteiger partial charge in [0.1, 0.15) is 0 Å². The monoisotopic (exact) mass is 351 g/mol. The van der Waals surface area contributed by atoms with Gasteiger partial charge >= 0.3 is 0 Å². The van der Waals surface area contributed by atoms with E-state index in [1.165, 1.54) is 48.8 Å². The molecule has 0 aromatic heterocycles. The molecule has 1 aromatic rings. The number of rotatable bonds is 4. The van der Waals surface area contributed by atoms with Crippen LogP contribution in [0, 0.1) is 0 Å². The molecule has 21 heavy (non-hydrogen) atoms. The van der Waals surface area contributed by atoms with Gasteiger partial charge in [0.05, 0.1) is 0 Å². The van der Waals surface area contributed by atoms with E-state index >= 15 is 0 Å². The molecule has 2 heterocycles. The third-order valence-electron chi connectivity index (χ3n) is 5.53. The highest BCUT2D eigenvalue weighted by molar-refractivity contribution is 9.10. The Balaban J connectivity index is 1.74. The first-order valence-electron chi connectivity index (χ1n) is 8.03. The summed E-state index contributed by atoms with van der Waals surface area (Å²) in [7, 11) is 2.25. The Labute approximate surface area is 136 Å². The molecule has 2 aliphatic rings. The van der Waals surface area contributed by atoms with E-state index in [0.717, 1.165) is 19.1 Å². The van der Waals surface area contributed by atoms with E-state index in [4.69, 9.17) is 5.73 Å². The van der Waals surface area contributed by atoms with Gasteiger partial charge in [-0.25, -0.2) is 0 Å². The molecule has 4 heteroatoms. The fourth-order valence-corrected chi connectivity index (χ4v) is 4.46. The minimum Gasteiger partial charge on any atom is -0.329 e. The van der Waals surface area contributed by atoms with Crippen molar-refractivity contribution in [1.29, 1.82) is 0 Å². The van der Waals surface area contributed by atoms with Crippen molar-refractivity contribution in [2.45, 2.75) is 43.8 Å². The lowest BCUT2D eigenvalue weighted by Gasteiger charge is -2.49. The molecule has 2 aliphatic heterocycles. The second-order valence-corrected chi connectivity index (χ2v) is 7.52. The van der Waals surface area contributed by atoms with Crippen LogP contribution in [0.3, 0.4) is 0 Å². The molecule has 0 bridgehead atoms. The Kier molecular flexibility index (Phi) is 4.69. The predicted molar refractivity (Wildman–Crippen MR) is 91.2 cm³/mol. The minimum atomic E-state index is 0.167. The van der Waals surface area contributed by atoms with Crippen LogP contribution < -0.4 is 5.73 Å². The van der Waals surface area contributed by atoms with Crippen LogP contribution >= 0.6 is 15.9 Å². The number of benzene rings is 1. The minimum absolute atomic E-state index is 0.167. The summed E-state index contributed by atoms with van der Waals surface area (Å²) < 4.78 is 1.20. The van der Waals surface area contributed by atoms with Crippen molar-refractivity contribution in [2.75, 3.05) is 26.7 Å². The zero-order valence-electron chi connectivity index (χ0n) is 12.9. The zero-order valence-corrected chi connectivity index (χ0v) is 14.5. The maximum Gasteiger partial charge on any atom is 0.0359 e. The number of hydrogen-bond acceptors (Lipinski definition) is 3. The van der Waals surface area contributed by atoms with Crippen molar-refractivity contribution < 1.29 is 0 Å². The Morgan fingerprint density at radius 2 is 2.19 bits per heavy atom. The standard InChI is InChI=1S/C17H26BrN3/c1-20(12-14-5-2-3-7-16(14)18)17(13-19)8-10-21-9-4-6-15(21)11-17/h2-3,5,7,15H,4,6,8-13,19H2,1H3. The van der Waals surface area contributed by atoms with Crippen LogP contribution in [0.15, 0.2) is 28.7 Å². The molecule has 2 atom stereocenters. The van der Waals surface area contributed by atoms with Crippen LogP contribution in [-0.4, -0.2) is 48.1 Å². The van der Waals surface area contributed by atoms with E-state index in [-0.39, 0.29) is 5.54 Å². The Morgan fingerprint density at radius 1 is 1.38 bits per heavy atom. The number of likely N-dealkylation sites (N-methyl/N-ethyl adjacent to an activating group) is 1. The summed E-state index contributed by atoms with van der Waals surface area (Å²) in [6.45, 7) is 4.23. The van der Waals surface area contributed by atoms with Crippen molar-refractivity contribution >= 4 is 15.9 Å². The van der Waals surface area contributed by atoms with Gasteiger partial charge in [-0.1, -0.05) is 34.1 Å². The van der Waals surface area contributed by atoms with E-state index in [1.54, 1.807) is 0 Å². The molecule has 2 N–H and O–H groups in total. The normalized spacial score (nSPS) is 29.8. The zero-order chi connectivity index (χ0) is 14.9. The van der Waals surface area contributed by atoms with Gasteiger partial charge in [0, 0.05) is 35.7 Å². The summed E-state index contributed by atoms with van der Waals surface area (Å²) >= 11 is 3.67. The van der Waals surface area contributed by atoms with E-state index in [0.29, 0.717) is 0 Å². The van der Waals surface area contributed by atoms with Gasteiger partial charge in [-0.2, -0.15) is 0 Å². The summed E-state index contributed by atoms with van der Waals surface area (Å²) in [6, 6.07) is 9.27. The number of nitrogens with zero attached hydrogens (tertiary/aromatic N) is 2. The Hall–Kier alpha value is -0.420. The van der Waals surface area contributed by atoms with E-state index in [2.05, 4.69) is 57.0 Å².